The van der Waals surface area contributed by atoms with Gasteiger partial charge in [0.05, 0.1) is 0 Å². The fourth-order valence-electron chi connectivity index (χ4n) is 4.07. The maximum Gasteiger partial charge on any atom is 0.222 e. The lowest BCUT2D eigenvalue weighted by Crippen LogP contribution is -2.57. The molecule has 2 atom stereocenters. The minimum atomic E-state index is 0.240. The molecule has 3 rings (SSSR count). The lowest BCUT2D eigenvalue weighted by molar-refractivity contribution is -0.144. The average molecular weight is 329 g/mol. The van der Waals surface area contributed by atoms with E-state index in [2.05, 4.69) is 16.8 Å². The summed E-state index contributed by atoms with van der Waals surface area (Å²) in [6, 6.07) is 4.28. The Kier molecular flexibility index (Phi) is 5.48. The molecule has 5 nitrogen and oxygen atoms in total. The summed E-state index contributed by atoms with van der Waals surface area (Å²) in [5.41, 5.74) is 1.16. The van der Waals surface area contributed by atoms with E-state index in [4.69, 9.17) is 0 Å². The maximum absolute atomic E-state index is 12.5. The third-order valence-electron chi connectivity index (χ3n) is 5.34. The number of rotatable bonds is 5. The normalized spacial score (nSPS) is 24.0. The van der Waals surface area contributed by atoms with Crippen LogP contribution in [0.5, 0.6) is 0 Å². The van der Waals surface area contributed by atoms with Gasteiger partial charge < -0.3 is 9.80 Å². The lowest BCUT2D eigenvalue weighted by Gasteiger charge is -2.47. The van der Waals surface area contributed by atoms with Crippen molar-refractivity contribution in [1.82, 2.24) is 14.8 Å². The Balaban J connectivity index is 1.54. The van der Waals surface area contributed by atoms with E-state index in [0.29, 0.717) is 30.7 Å². The van der Waals surface area contributed by atoms with E-state index in [1.807, 2.05) is 17.0 Å². The molecule has 0 saturated carbocycles. The van der Waals surface area contributed by atoms with Gasteiger partial charge in [-0.3, -0.25) is 14.6 Å². The summed E-state index contributed by atoms with van der Waals surface area (Å²) in [5.74, 6) is 0.993. The van der Waals surface area contributed by atoms with Crippen molar-refractivity contribution in [2.24, 2.45) is 5.92 Å². The standard InChI is InChI=1S/C19H27N3O2/c1-2-12-22-17-9-13-21(14-16(17)4-6-19(22)24)18(23)5-3-15-7-10-20-11-8-15/h7-8,10-11,16-17H,2-6,9,12-14H2,1H3. The number of carbonyl (C=O) groups is 2. The molecule has 2 aliphatic heterocycles. The van der Waals surface area contributed by atoms with Crippen molar-refractivity contribution in [3.8, 4) is 0 Å². The summed E-state index contributed by atoms with van der Waals surface area (Å²) in [4.78, 5) is 32.8. The molecule has 2 unspecified atom stereocenters. The first-order valence-corrected chi connectivity index (χ1v) is 9.15. The number of piperidine rings is 2. The highest BCUT2D eigenvalue weighted by molar-refractivity contribution is 5.78. The number of hydrogen-bond acceptors (Lipinski definition) is 3. The van der Waals surface area contributed by atoms with E-state index in [9.17, 15) is 9.59 Å². The zero-order chi connectivity index (χ0) is 16.9. The van der Waals surface area contributed by atoms with Crippen LogP contribution in [0.15, 0.2) is 24.5 Å². The summed E-state index contributed by atoms with van der Waals surface area (Å²) in [6.45, 7) is 4.57. The minimum Gasteiger partial charge on any atom is -0.342 e. The number of aromatic nitrogens is 1. The van der Waals surface area contributed by atoms with E-state index in [1.54, 1.807) is 12.4 Å². The number of likely N-dealkylation sites (tertiary alicyclic amines) is 2. The van der Waals surface area contributed by atoms with E-state index in [1.165, 1.54) is 0 Å². The molecule has 0 bridgehead atoms. The van der Waals surface area contributed by atoms with Crippen LogP contribution < -0.4 is 0 Å². The molecular weight excluding hydrogens is 302 g/mol. The number of aryl methyl sites for hydroxylation is 1. The van der Waals surface area contributed by atoms with Crippen molar-refractivity contribution < 1.29 is 9.59 Å². The summed E-state index contributed by atoms with van der Waals surface area (Å²) in [7, 11) is 0. The predicted octanol–water partition coefficient (Wildman–Crippen LogP) is 2.26. The molecule has 1 aromatic rings. The number of nitrogens with zero attached hydrogens (tertiary/aromatic N) is 3. The summed E-state index contributed by atoms with van der Waals surface area (Å²) >= 11 is 0. The second-order valence-electron chi connectivity index (χ2n) is 6.94. The van der Waals surface area contributed by atoms with Crippen molar-refractivity contribution in [2.45, 2.75) is 51.5 Å². The Hall–Kier alpha value is -1.91. The van der Waals surface area contributed by atoms with Crippen LogP contribution in [-0.2, 0) is 16.0 Å². The zero-order valence-corrected chi connectivity index (χ0v) is 14.5. The van der Waals surface area contributed by atoms with Gasteiger partial charge in [-0.05, 0) is 49.3 Å². The van der Waals surface area contributed by atoms with E-state index < -0.39 is 0 Å². The van der Waals surface area contributed by atoms with Crippen LogP contribution in [0.2, 0.25) is 0 Å². The van der Waals surface area contributed by atoms with Gasteiger partial charge >= 0.3 is 0 Å². The molecule has 3 heterocycles. The molecule has 2 saturated heterocycles. The number of fused-ring (bicyclic) bond motifs is 1. The monoisotopic (exact) mass is 329 g/mol. The lowest BCUT2D eigenvalue weighted by atomic mass is 9.83. The van der Waals surface area contributed by atoms with Crippen molar-refractivity contribution in [2.75, 3.05) is 19.6 Å². The Morgan fingerprint density at radius 2 is 2.08 bits per heavy atom. The first kappa shape index (κ1) is 16.9. The molecule has 0 aliphatic carbocycles. The summed E-state index contributed by atoms with van der Waals surface area (Å²) in [5, 5.41) is 0. The highest BCUT2D eigenvalue weighted by Gasteiger charge is 2.39. The molecule has 2 fully saturated rings. The highest BCUT2D eigenvalue weighted by Crippen LogP contribution is 2.31. The van der Waals surface area contributed by atoms with Gasteiger partial charge in [0.15, 0.2) is 0 Å². The van der Waals surface area contributed by atoms with Crippen LogP contribution in [-0.4, -0.2) is 52.3 Å². The molecule has 0 radical (unpaired) electrons. The second kappa shape index (κ2) is 7.77. The molecule has 0 N–H and O–H groups in total. The predicted molar refractivity (Wildman–Crippen MR) is 92.3 cm³/mol. The molecule has 24 heavy (non-hydrogen) atoms. The average Bonchev–Trinajstić information content (AvgIpc) is 2.62. The quantitative estimate of drug-likeness (QED) is 0.833. The van der Waals surface area contributed by atoms with E-state index in [0.717, 1.165) is 50.9 Å². The number of hydrogen-bond donors (Lipinski definition) is 0. The zero-order valence-electron chi connectivity index (χ0n) is 14.5. The number of pyridine rings is 1. The van der Waals surface area contributed by atoms with Crippen LogP contribution in [0, 0.1) is 5.92 Å². The van der Waals surface area contributed by atoms with Crippen LogP contribution >= 0.6 is 0 Å². The summed E-state index contributed by atoms with van der Waals surface area (Å²) < 4.78 is 0. The molecule has 2 amide bonds. The van der Waals surface area contributed by atoms with Crippen LogP contribution in [0.1, 0.15) is 44.6 Å². The molecule has 130 valence electrons. The topological polar surface area (TPSA) is 53.5 Å². The van der Waals surface area contributed by atoms with E-state index >= 15 is 0 Å². The van der Waals surface area contributed by atoms with Gasteiger partial charge in [0.2, 0.25) is 11.8 Å². The first-order chi connectivity index (χ1) is 11.7. The van der Waals surface area contributed by atoms with E-state index in [-0.39, 0.29) is 5.91 Å². The van der Waals surface area contributed by atoms with Crippen molar-refractivity contribution in [1.29, 1.82) is 0 Å². The fourth-order valence-corrected chi connectivity index (χ4v) is 4.07. The Labute approximate surface area is 144 Å². The molecule has 2 aliphatic rings. The maximum atomic E-state index is 12.5. The third kappa shape index (κ3) is 3.77. The fraction of sp³-hybridized carbons (Fsp3) is 0.632. The highest BCUT2D eigenvalue weighted by atomic mass is 16.2. The second-order valence-corrected chi connectivity index (χ2v) is 6.94. The third-order valence-corrected chi connectivity index (χ3v) is 5.34. The van der Waals surface area contributed by atoms with Gasteiger partial charge in [0, 0.05) is 50.9 Å². The van der Waals surface area contributed by atoms with Crippen molar-refractivity contribution in [3.63, 3.8) is 0 Å². The number of amides is 2. The smallest absolute Gasteiger partial charge is 0.222 e. The van der Waals surface area contributed by atoms with Crippen LogP contribution in [0.25, 0.3) is 0 Å². The Morgan fingerprint density at radius 1 is 1.29 bits per heavy atom. The summed E-state index contributed by atoms with van der Waals surface area (Å²) in [6.07, 6.45) is 8.36. The van der Waals surface area contributed by atoms with Crippen LogP contribution in [0.3, 0.4) is 0 Å². The Morgan fingerprint density at radius 3 is 2.83 bits per heavy atom. The molecule has 1 aromatic heterocycles. The van der Waals surface area contributed by atoms with Gasteiger partial charge in [0.1, 0.15) is 0 Å². The van der Waals surface area contributed by atoms with Gasteiger partial charge in [-0.2, -0.15) is 0 Å². The molecule has 0 spiro atoms. The van der Waals surface area contributed by atoms with Gasteiger partial charge in [-0.15, -0.1) is 0 Å². The van der Waals surface area contributed by atoms with Crippen LogP contribution in [0.4, 0.5) is 0 Å². The largest absolute Gasteiger partial charge is 0.342 e. The molecule has 5 heteroatoms. The number of carbonyl (C=O) groups excluding carboxylic acids is 2. The van der Waals surface area contributed by atoms with Gasteiger partial charge in [-0.25, -0.2) is 0 Å². The SMILES string of the molecule is CCCN1C(=O)CCC2CN(C(=O)CCc3ccncc3)CCC21. The minimum absolute atomic E-state index is 0.240. The molecule has 0 aromatic carbocycles. The molecular formula is C19H27N3O2. The van der Waals surface area contributed by atoms with Crippen molar-refractivity contribution in [3.05, 3.63) is 30.1 Å². The first-order valence-electron chi connectivity index (χ1n) is 9.15. The van der Waals surface area contributed by atoms with Gasteiger partial charge in [-0.1, -0.05) is 6.92 Å². The van der Waals surface area contributed by atoms with Crippen molar-refractivity contribution >= 4 is 11.8 Å². The Bertz CT molecular complexity index is 575. The van der Waals surface area contributed by atoms with Gasteiger partial charge in [0.25, 0.3) is 0 Å².